The molecule has 1 aromatic rings. The Kier molecular flexibility index (Phi) is 5.46. The molecule has 0 fully saturated rings. The van der Waals surface area contributed by atoms with Crippen molar-refractivity contribution in [3.8, 4) is 12.3 Å². The predicted molar refractivity (Wildman–Crippen MR) is 68.2 cm³/mol. The lowest BCUT2D eigenvalue weighted by Crippen LogP contribution is -2.23. The number of terminal acetylenes is 1. The molecule has 1 rings (SSSR count). The van der Waals surface area contributed by atoms with Crippen molar-refractivity contribution in [3.05, 3.63) is 35.4 Å². The number of benzene rings is 1. The molecule has 0 aromatic heterocycles. The van der Waals surface area contributed by atoms with Gasteiger partial charge in [-0.15, -0.1) is 6.42 Å². The van der Waals surface area contributed by atoms with Gasteiger partial charge in [0.15, 0.2) is 0 Å². The minimum atomic E-state index is -0.427. The summed E-state index contributed by atoms with van der Waals surface area (Å²) < 4.78 is 4.99. The molecule has 0 aliphatic heterocycles. The molecule has 4 nitrogen and oxygen atoms in total. The molecule has 0 spiro atoms. The molecule has 0 radical (unpaired) electrons. The molecule has 1 amide bonds. The lowest BCUT2D eigenvalue weighted by Gasteiger charge is -2.05. The number of carbonyl (C=O) groups is 2. The Labute approximate surface area is 106 Å². The van der Waals surface area contributed by atoms with Crippen molar-refractivity contribution < 1.29 is 14.3 Å². The number of rotatable bonds is 5. The highest BCUT2D eigenvalue weighted by molar-refractivity contribution is 5.97. The van der Waals surface area contributed by atoms with Gasteiger partial charge in [0.2, 0.25) is 0 Å². The van der Waals surface area contributed by atoms with Gasteiger partial charge < -0.3 is 10.1 Å². The second-order valence-electron chi connectivity index (χ2n) is 3.60. The van der Waals surface area contributed by atoms with E-state index in [1.165, 1.54) is 6.07 Å². The molecule has 1 aromatic carbocycles. The summed E-state index contributed by atoms with van der Waals surface area (Å²) in [7, 11) is 0. The van der Waals surface area contributed by atoms with Gasteiger partial charge in [-0.3, -0.25) is 4.79 Å². The van der Waals surface area contributed by atoms with Gasteiger partial charge in [-0.05, 0) is 24.6 Å². The third kappa shape index (κ3) is 3.95. The van der Waals surface area contributed by atoms with Crippen LogP contribution in [0.5, 0.6) is 0 Å². The Morgan fingerprint density at radius 3 is 2.78 bits per heavy atom. The molecule has 0 bridgehead atoms. The highest BCUT2D eigenvalue weighted by Crippen LogP contribution is 2.07. The van der Waals surface area contributed by atoms with Crippen molar-refractivity contribution in [1.82, 2.24) is 5.32 Å². The van der Waals surface area contributed by atoms with Crippen molar-refractivity contribution in [1.29, 1.82) is 0 Å². The number of hydrogen-bond donors (Lipinski definition) is 1. The molecule has 0 aliphatic rings. The Bertz CT molecular complexity index is 474. The van der Waals surface area contributed by atoms with Gasteiger partial charge in [-0.25, -0.2) is 4.79 Å². The summed E-state index contributed by atoms with van der Waals surface area (Å²) in [5, 5.41) is 2.53. The zero-order valence-corrected chi connectivity index (χ0v) is 10.2. The summed E-state index contributed by atoms with van der Waals surface area (Å²) in [4.78, 5) is 23.2. The van der Waals surface area contributed by atoms with Crippen LogP contribution in [-0.4, -0.2) is 25.0 Å². The van der Waals surface area contributed by atoms with E-state index in [-0.39, 0.29) is 12.5 Å². The van der Waals surface area contributed by atoms with Gasteiger partial charge in [-0.2, -0.15) is 0 Å². The molecule has 0 atom stereocenters. The van der Waals surface area contributed by atoms with Gasteiger partial charge in [0.25, 0.3) is 5.91 Å². The lowest BCUT2D eigenvalue weighted by atomic mass is 10.1. The van der Waals surface area contributed by atoms with E-state index < -0.39 is 5.97 Å². The molecule has 0 heterocycles. The van der Waals surface area contributed by atoms with Crippen molar-refractivity contribution in [3.63, 3.8) is 0 Å². The van der Waals surface area contributed by atoms with Gasteiger partial charge in [0.1, 0.15) is 0 Å². The minimum absolute atomic E-state index is 0.156. The van der Waals surface area contributed by atoms with E-state index in [0.717, 1.165) is 6.42 Å². The highest BCUT2D eigenvalue weighted by Gasteiger charge is 2.10. The molecule has 4 heteroatoms. The van der Waals surface area contributed by atoms with Crippen LogP contribution in [0, 0.1) is 12.3 Å². The molecule has 0 aliphatic carbocycles. The van der Waals surface area contributed by atoms with Gasteiger partial charge in [-0.1, -0.05) is 18.9 Å². The van der Waals surface area contributed by atoms with Crippen molar-refractivity contribution in [2.75, 3.05) is 13.2 Å². The van der Waals surface area contributed by atoms with E-state index in [4.69, 9.17) is 11.2 Å². The minimum Gasteiger partial charge on any atom is -0.462 e. The molecule has 0 unspecified atom stereocenters. The number of hydrogen-bond acceptors (Lipinski definition) is 3. The van der Waals surface area contributed by atoms with Gasteiger partial charge in [0, 0.05) is 5.56 Å². The molecular weight excluding hydrogens is 230 g/mol. The molecule has 18 heavy (non-hydrogen) atoms. The van der Waals surface area contributed by atoms with E-state index in [9.17, 15) is 9.59 Å². The maximum Gasteiger partial charge on any atom is 0.338 e. The number of nitrogens with one attached hydrogen (secondary N) is 1. The summed E-state index contributed by atoms with van der Waals surface area (Å²) in [5.41, 5.74) is 0.744. The quantitative estimate of drug-likeness (QED) is 0.633. The Balaban J connectivity index is 2.76. The van der Waals surface area contributed by atoms with Gasteiger partial charge >= 0.3 is 5.97 Å². The lowest BCUT2D eigenvalue weighted by molar-refractivity contribution is 0.0505. The van der Waals surface area contributed by atoms with Crippen LogP contribution in [0.25, 0.3) is 0 Å². The third-order valence-corrected chi connectivity index (χ3v) is 2.15. The maximum absolute atomic E-state index is 11.6. The fraction of sp³-hybridized carbons (Fsp3) is 0.286. The van der Waals surface area contributed by atoms with E-state index in [2.05, 4.69) is 11.2 Å². The molecular formula is C14H15NO3. The van der Waals surface area contributed by atoms with Crippen LogP contribution in [0.2, 0.25) is 0 Å². The highest BCUT2D eigenvalue weighted by atomic mass is 16.5. The topological polar surface area (TPSA) is 55.4 Å². The van der Waals surface area contributed by atoms with Crippen molar-refractivity contribution >= 4 is 11.9 Å². The SMILES string of the molecule is C#CCNC(=O)c1cccc(C(=O)OCCC)c1. The van der Waals surface area contributed by atoms with Crippen LogP contribution in [0.1, 0.15) is 34.1 Å². The first-order valence-electron chi connectivity index (χ1n) is 5.68. The average Bonchev–Trinajstić information content (AvgIpc) is 2.42. The first-order chi connectivity index (χ1) is 8.69. The summed E-state index contributed by atoms with van der Waals surface area (Å²) >= 11 is 0. The zero-order chi connectivity index (χ0) is 13.4. The molecule has 0 saturated heterocycles. The smallest absolute Gasteiger partial charge is 0.338 e. The van der Waals surface area contributed by atoms with Crippen LogP contribution in [0.3, 0.4) is 0 Å². The molecule has 0 saturated carbocycles. The fourth-order valence-electron chi connectivity index (χ4n) is 1.30. The third-order valence-electron chi connectivity index (χ3n) is 2.15. The molecule has 1 N–H and O–H groups in total. The van der Waals surface area contributed by atoms with E-state index in [0.29, 0.717) is 17.7 Å². The largest absolute Gasteiger partial charge is 0.462 e. The van der Waals surface area contributed by atoms with Crippen LogP contribution in [-0.2, 0) is 4.74 Å². The van der Waals surface area contributed by atoms with E-state index in [1.54, 1.807) is 18.2 Å². The van der Waals surface area contributed by atoms with Gasteiger partial charge in [0.05, 0.1) is 18.7 Å². The zero-order valence-electron chi connectivity index (χ0n) is 10.2. The standard InChI is InChI=1S/C14H15NO3/c1-3-8-15-13(16)11-6-5-7-12(10-11)14(17)18-9-4-2/h1,5-7,10H,4,8-9H2,2H3,(H,15,16). The Hall–Kier alpha value is -2.28. The van der Waals surface area contributed by atoms with E-state index in [1.807, 2.05) is 6.92 Å². The number of amides is 1. The molecule has 94 valence electrons. The summed E-state index contributed by atoms with van der Waals surface area (Å²) in [6, 6.07) is 6.34. The second-order valence-corrected chi connectivity index (χ2v) is 3.60. The first kappa shape index (κ1) is 13.8. The number of esters is 1. The Morgan fingerprint density at radius 2 is 2.11 bits per heavy atom. The number of ether oxygens (including phenoxy) is 1. The maximum atomic E-state index is 11.6. The summed E-state index contributed by atoms with van der Waals surface area (Å²) in [5.74, 6) is 1.58. The van der Waals surface area contributed by atoms with Crippen LogP contribution >= 0.6 is 0 Å². The normalized spacial score (nSPS) is 9.33. The van der Waals surface area contributed by atoms with Crippen molar-refractivity contribution in [2.24, 2.45) is 0 Å². The first-order valence-corrected chi connectivity index (χ1v) is 5.68. The number of carbonyl (C=O) groups excluding carboxylic acids is 2. The predicted octanol–water partition coefficient (Wildman–Crippen LogP) is 1.62. The van der Waals surface area contributed by atoms with E-state index >= 15 is 0 Å². The van der Waals surface area contributed by atoms with Crippen LogP contribution < -0.4 is 5.32 Å². The summed E-state index contributed by atoms with van der Waals surface area (Å²) in [6.45, 7) is 2.44. The fourth-order valence-corrected chi connectivity index (χ4v) is 1.30. The van der Waals surface area contributed by atoms with Crippen LogP contribution in [0.4, 0.5) is 0 Å². The summed E-state index contributed by atoms with van der Waals surface area (Å²) in [6.07, 6.45) is 5.81. The second kappa shape index (κ2) is 7.13. The average molecular weight is 245 g/mol. The Morgan fingerprint density at radius 1 is 1.39 bits per heavy atom. The van der Waals surface area contributed by atoms with Crippen LogP contribution in [0.15, 0.2) is 24.3 Å². The van der Waals surface area contributed by atoms with Crippen molar-refractivity contribution in [2.45, 2.75) is 13.3 Å². The monoisotopic (exact) mass is 245 g/mol.